The fourth-order valence-electron chi connectivity index (χ4n) is 2.58. The van der Waals surface area contributed by atoms with Crippen LogP contribution in [0.2, 0.25) is 5.02 Å². The monoisotopic (exact) mass is 280 g/mol. The Morgan fingerprint density at radius 3 is 2.79 bits per heavy atom. The van der Waals surface area contributed by atoms with Crippen LogP contribution in [0, 0.1) is 5.92 Å². The quantitative estimate of drug-likeness (QED) is 0.674. The van der Waals surface area contributed by atoms with Crippen LogP contribution in [0.15, 0.2) is 23.2 Å². The van der Waals surface area contributed by atoms with Gasteiger partial charge in [0.15, 0.2) is 0 Å². The van der Waals surface area contributed by atoms with Crippen LogP contribution in [0.5, 0.6) is 5.75 Å². The van der Waals surface area contributed by atoms with Crippen LogP contribution in [-0.4, -0.2) is 12.9 Å². The van der Waals surface area contributed by atoms with E-state index < -0.39 is 0 Å². The van der Waals surface area contributed by atoms with E-state index in [9.17, 15) is 0 Å². The number of hydrogen-bond acceptors (Lipinski definition) is 2. The van der Waals surface area contributed by atoms with Crippen LogP contribution in [0.25, 0.3) is 0 Å². The zero-order valence-corrected chi connectivity index (χ0v) is 12.1. The predicted molar refractivity (Wildman–Crippen MR) is 79.9 cm³/mol. The molecule has 1 aliphatic rings. The SMILES string of the molecule is COc1cccc(Cl)c1CN=C(N)C1CCCCC1. The highest BCUT2D eigenvalue weighted by Crippen LogP contribution is 2.28. The third-order valence-electron chi connectivity index (χ3n) is 3.74. The van der Waals surface area contributed by atoms with Crippen molar-refractivity contribution in [2.75, 3.05) is 7.11 Å². The summed E-state index contributed by atoms with van der Waals surface area (Å²) < 4.78 is 5.31. The summed E-state index contributed by atoms with van der Waals surface area (Å²) in [5, 5.41) is 0.680. The minimum atomic E-state index is 0.447. The summed E-state index contributed by atoms with van der Waals surface area (Å²) >= 11 is 6.19. The minimum absolute atomic E-state index is 0.447. The number of halogens is 1. The number of benzene rings is 1. The molecule has 1 aromatic rings. The van der Waals surface area contributed by atoms with Crippen molar-refractivity contribution < 1.29 is 4.74 Å². The molecule has 0 unspecified atom stereocenters. The van der Waals surface area contributed by atoms with E-state index in [1.165, 1.54) is 19.3 Å². The van der Waals surface area contributed by atoms with E-state index in [2.05, 4.69) is 4.99 Å². The normalized spacial score (nSPS) is 17.5. The van der Waals surface area contributed by atoms with Gasteiger partial charge in [-0.15, -0.1) is 0 Å². The van der Waals surface area contributed by atoms with Gasteiger partial charge >= 0.3 is 0 Å². The summed E-state index contributed by atoms with van der Waals surface area (Å²) in [4.78, 5) is 4.52. The maximum absolute atomic E-state index is 6.19. The summed E-state index contributed by atoms with van der Waals surface area (Å²) in [7, 11) is 1.64. The highest BCUT2D eigenvalue weighted by molar-refractivity contribution is 6.31. The van der Waals surface area contributed by atoms with Crippen LogP contribution < -0.4 is 10.5 Å². The van der Waals surface area contributed by atoms with Crippen molar-refractivity contribution in [3.8, 4) is 5.75 Å². The molecular formula is C15H21ClN2O. The molecule has 0 bridgehead atoms. The first-order valence-corrected chi connectivity index (χ1v) is 7.21. The lowest BCUT2D eigenvalue weighted by molar-refractivity contribution is 0.409. The Balaban J connectivity index is 2.08. The smallest absolute Gasteiger partial charge is 0.125 e. The molecule has 1 aliphatic carbocycles. The highest BCUT2D eigenvalue weighted by atomic mass is 35.5. The molecule has 1 saturated carbocycles. The molecule has 19 heavy (non-hydrogen) atoms. The molecule has 1 fully saturated rings. The Labute approximate surface area is 119 Å². The first kappa shape index (κ1) is 14.2. The molecule has 0 atom stereocenters. The molecule has 2 rings (SSSR count). The molecular weight excluding hydrogens is 260 g/mol. The first-order valence-electron chi connectivity index (χ1n) is 6.83. The molecule has 3 nitrogen and oxygen atoms in total. The number of nitrogens with two attached hydrogens (primary N) is 1. The maximum atomic E-state index is 6.19. The number of methoxy groups -OCH3 is 1. The number of hydrogen-bond donors (Lipinski definition) is 1. The van der Waals surface area contributed by atoms with Crippen molar-refractivity contribution in [1.82, 2.24) is 0 Å². The second-order valence-corrected chi connectivity index (χ2v) is 5.40. The van der Waals surface area contributed by atoms with Crippen LogP contribution in [0.1, 0.15) is 37.7 Å². The summed E-state index contributed by atoms with van der Waals surface area (Å²) in [6.45, 7) is 0.491. The Kier molecular flexibility index (Phi) is 5.08. The third kappa shape index (κ3) is 3.63. The second kappa shape index (κ2) is 6.80. The van der Waals surface area contributed by atoms with Crippen molar-refractivity contribution in [3.05, 3.63) is 28.8 Å². The van der Waals surface area contributed by atoms with Crippen molar-refractivity contribution in [2.45, 2.75) is 38.6 Å². The Hall–Kier alpha value is -1.22. The molecule has 1 aromatic carbocycles. The fourth-order valence-corrected chi connectivity index (χ4v) is 2.81. The topological polar surface area (TPSA) is 47.6 Å². The lowest BCUT2D eigenvalue weighted by atomic mass is 9.88. The lowest BCUT2D eigenvalue weighted by Crippen LogP contribution is -2.25. The number of rotatable bonds is 4. The zero-order chi connectivity index (χ0) is 13.7. The van der Waals surface area contributed by atoms with E-state index in [-0.39, 0.29) is 0 Å². The molecule has 0 amide bonds. The summed E-state index contributed by atoms with van der Waals surface area (Å²) in [6, 6.07) is 5.62. The van der Waals surface area contributed by atoms with Gasteiger partial charge in [-0.25, -0.2) is 0 Å². The molecule has 0 radical (unpaired) electrons. The Bertz CT molecular complexity index is 453. The van der Waals surface area contributed by atoms with Crippen molar-refractivity contribution in [3.63, 3.8) is 0 Å². The van der Waals surface area contributed by atoms with Gasteiger partial charge in [0.1, 0.15) is 5.75 Å². The maximum Gasteiger partial charge on any atom is 0.125 e. The molecule has 0 aliphatic heterocycles. The number of amidine groups is 1. The van der Waals surface area contributed by atoms with Crippen molar-refractivity contribution in [2.24, 2.45) is 16.6 Å². The van der Waals surface area contributed by atoms with Crippen LogP contribution in [-0.2, 0) is 6.54 Å². The standard InChI is InChI=1S/C15H21ClN2O/c1-19-14-9-5-8-13(16)12(14)10-18-15(17)11-6-3-2-4-7-11/h5,8-9,11H,2-4,6-7,10H2,1H3,(H2,17,18). The molecule has 104 valence electrons. The molecule has 4 heteroatoms. The number of aliphatic imine (C=N–C) groups is 1. The summed E-state index contributed by atoms with van der Waals surface area (Å²) in [5.74, 6) is 1.98. The zero-order valence-electron chi connectivity index (χ0n) is 11.4. The Morgan fingerprint density at radius 2 is 2.11 bits per heavy atom. The number of nitrogens with zero attached hydrogens (tertiary/aromatic N) is 1. The van der Waals surface area contributed by atoms with Gasteiger partial charge in [-0.05, 0) is 25.0 Å². The van der Waals surface area contributed by atoms with Gasteiger partial charge in [0, 0.05) is 16.5 Å². The van der Waals surface area contributed by atoms with Gasteiger partial charge < -0.3 is 10.5 Å². The molecule has 2 N–H and O–H groups in total. The predicted octanol–water partition coefficient (Wildman–Crippen LogP) is 3.79. The first-order chi connectivity index (χ1) is 9.22. The molecule has 0 heterocycles. The van der Waals surface area contributed by atoms with E-state index in [4.69, 9.17) is 22.1 Å². The highest BCUT2D eigenvalue weighted by Gasteiger charge is 2.17. The van der Waals surface area contributed by atoms with E-state index in [0.717, 1.165) is 30.0 Å². The molecule has 0 saturated heterocycles. The van der Waals surface area contributed by atoms with Gasteiger partial charge in [-0.2, -0.15) is 0 Å². The van der Waals surface area contributed by atoms with Crippen LogP contribution in [0.3, 0.4) is 0 Å². The summed E-state index contributed by atoms with van der Waals surface area (Å²) in [5.41, 5.74) is 7.01. The van der Waals surface area contributed by atoms with E-state index in [1.54, 1.807) is 7.11 Å². The van der Waals surface area contributed by atoms with E-state index >= 15 is 0 Å². The second-order valence-electron chi connectivity index (χ2n) is 5.00. The lowest BCUT2D eigenvalue weighted by Gasteiger charge is -2.21. The molecule has 0 spiro atoms. The van der Waals surface area contributed by atoms with Gasteiger partial charge in [-0.1, -0.05) is 36.9 Å². The fraction of sp³-hybridized carbons (Fsp3) is 0.533. The van der Waals surface area contributed by atoms with Gasteiger partial charge in [0.25, 0.3) is 0 Å². The van der Waals surface area contributed by atoms with E-state index in [1.807, 2.05) is 18.2 Å². The van der Waals surface area contributed by atoms with Crippen molar-refractivity contribution in [1.29, 1.82) is 0 Å². The van der Waals surface area contributed by atoms with Crippen LogP contribution >= 0.6 is 11.6 Å². The average Bonchev–Trinajstić information content (AvgIpc) is 2.46. The minimum Gasteiger partial charge on any atom is -0.496 e. The van der Waals surface area contributed by atoms with Crippen molar-refractivity contribution >= 4 is 17.4 Å². The number of ether oxygens (including phenoxy) is 1. The Morgan fingerprint density at radius 1 is 1.37 bits per heavy atom. The van der Waals surface area contributed by atoms with Gasteiger partial charge in [0.2, 0.25) is 0 Å². The largest absolute Gasteiger partial charge is 0.496 e. The van der Waals surface area contributed by atoms with Gasteiger partial charge in [-0.3, -0.25) is 4.99 Å². The summed E-state index contributed by atoms with van der Waals surface area (Å²) in [6.07, 6.45) is 6.17. The van der Waals surface area contributed by atoms with E-state index in [0.29, 0.717) is 17.5 Å². The third-order valence-corrected chi connectivity index (χ3v) is 4.09. The van der Waals surface area contributed by atoms with Crippen LogP contribution in [0.4, 0.5) is 0 Å². The average molecular weight is 281 g/mol. The molecule has 0 aromatic heterocycles. The van der Waals surface area contributed by atoms with Gasteiger partial charge in [0.05, 0.1) is 19.5 Å².